The van der Waals surface area contributed by atoms with Crippen molar-refractivity contribution < 1.29 is 18.7 Å². The largest absolute Gasteiger partial charge is 0.456 e. The molecule has 3 rings (SSSR count). The van der Waals surface area contributed by atoms with E-state index in [0.29, 0.717) is 29.6 Å². The molecule has 47 heavy (non-hydrogen) atoms. The molecular weight excluding hydrogens is 588 g/mol. The second kappa shape index (κ2) is 22.4. The molecule has 0 aliphatic rings. The van der Waals surface area contributed by atoms with E-state index in [9.17, 15) is 14.4 Å². The van der Waals surface area contributed by atoms with Crippen molar-refractivity contribution in [2.45, 2.75) is 58.3 Å². The Balaban J connectivity index is 1.22. The van der Waals surface area contributed by atoms with E-state index in [1.165, 1.54) is 12.1 Å². The summed E-state index contributed by atoms with van der Waals surface area (Å²) in [4.78, 5) is 36.9. The molecule has 0 atom stereocenters. The lowest BCUT2D eigenvalue weighted by molar-refractivity contribution is -0.120. The molecule has 0 aliphatic heterocycles. The Morgan fingerprint density at radius 1 is 0.702 bits per heavy atom. The van der Waals surface area contributed by atoms with Crippen LogP contribution in [0.2, 0.25) is 0 Å². The number of ether oxygens (including phenoxy) is 1. The van der Waals surface area contributed by atoms with Gasteiger partial charge >= 0.3 is 6.09 Å². The van der Waals surface area contributed by atoms with Crippen LogP contribution < -0.4 is 20.8 Å². The molecule has 1 aromatic heterocycles. The molecule has 1 heterocycles. The molecule has 0 bridgehead atoms. The molecule has 2 amide bonds. The Hall–Kier alpha value is -5.17. The molecule has 0 saturated heterocycles. The third-order valence-electron chi connectivity index (χ3n) is 6.82. The number of hydrogen-bond acceptors (Lipinski definition) is 5. The first-order valence-corrected chi connectivity index (χ1v) is 16.3. The molecule has 7 heteroatoms. The van der Waals surface area contributed by atoms with Crippen molar-refractivity contribution in [2.75, 3.05) is 13.1 Å². The van der Waals surface area contributed by atoms with E-state index in [2.05, 4.69) is 84.4 Å². The van der Waals surface area contributed by atoms with Gasteiger partial charge in [0.2, 0.25) is 5.91 Å². The first-order chi connectivity index (χ1) is 23.1. The fourth-order valence-corrected chi connectivity index (χ4v) is 4.40. The summed E-state index contributed by atoms with van der Waals surface area (Å²) in [5.41, 5.74) is 0.963. The van der Waals surface area contributed by atoms with E-state index in [-0.39, 0.29) is 30.2 Å². The summed E-state index contributed by atoms with van der Waals surface area (Å²) < 4.78 is 11.2. The number of fused-ring (bicyclic) bond motifs is 1. The molecule has 0 saturated carbocycles. The summed E-state index contributed by atoms with van der Waals surface area (Å²) in [7, 11) is 0. The first-order valence-electron chi connectivity index (χ1n) is 16.3. The zero-order valence-corrected chi connectivity index (χ0v) is 27.2. The lowest BCUT2D eigenvalue weighted by Gasteiger charge is -2.08. The zero-order valence-electron chi connectivity index (χ0n) is 27.2. The number of hydrogen-bond donors (Lipinski definition) is 2. The van der Waals surface area contributed by atoms with Crippen LogP contribution in [0.25, 0.3) is 22.3 Å². The second-order valence-corrected chi connectivity index (χ2v) is 10.6. The van der Waals surface area contributed by atoms with Crippen LogP contribution in [0.5, 0.6) is 5.75 Å². The molecule has 3 aromatic rings. The van der Waals surface area contributed by atoms with Crippen molar-refractivity contribution in [3.8, 4) is 17.1 Å². The fourth-order valence-electron chi connectivity index (χ4n) is 4.40. The number of rotatable bonds is 19. The highest BCUT2D eigenvalue weighted by molar-refractivity contribution is 5.81. The van der Waals surface area contributed by atoms with Crippen molar-refractivity contribution in [3.63, 3.8) is 0 Å². The van der Waals surface area contributed by atoms with Gasteiger partial charge < -0.3 is 19.8 Å². The number of nitrogens with one attached hydrogen (secondary N) is 2. The number of benzene rings is 2. The molecule has 2 N–H and O–H groups in total. The van der Waals surface area contributed by atoms with Gasteiger partial charge in [0, 0.05) is 31.1 Å². The van der Waals surface area contributed by atoms with Crippen LogP contribution in [0.4, 0.5) is 4.79 Å². The van der Waals surface area contributed by atoms with Crippen LogP contribution in [-0.2, 0) is 4.79 Å². The van der Waals surface area contributed by atoms with Crippen LogP contribution in [0.1, 0.15) is 58.3 Å². The van der Waals surface area contributed by atoms with Gasteiger partial charge in [-0.05, 0) is 63.1 Å². The summed E-state index contributed by atoms with van der Waals surface area (Å²) >= 11 is 0. The number of allylic oxidation sites excluding steroid dienone is 12. The minimum absolute atomic E-state index is 0.0872. The minimum atomic E-state index is -0.679. The lowest BCUT2D eigenvalue weighted by Crippen LogP contribution is -2.35. The molecule has 246 valence electrons. The molecule has 2 aromatic carbocycles. The highest BCUT2D eigenvalue weighted by Crippen LogP contribution is 2.24. The standard InChI is InChI=1S/C40H46N2O5/c1-2-3-4-5-6-7-8-9-10-11-12-13-14-15-16-17-18-19-23-26-39(44)41-29-30-42-40(45)46-34-27-28-37-35(31-34)36(43)32-38(47-37)33-24-21-20-22-25-33/h3-4,6-7,9-10,12-13,15-16,18-22,24-25,27-28,31-32H,2,5,8,11,14,17,23,26,29-30H2,1H3,(H,41,44)(H,42,45). The maximum absolute atomic E-state index is 12.7. The molecule has 0 fully saturated rings. The van der Waals surface area contributed by atoms with Gasteiger partial charge in [0.25, 0.3) is 0 Å². The monoisotopic (exact) mass is 634 g/mol. The number of amides is 2. The summed E-state index contributed by atoms with van der Waals surface area (Å²) in [6, 6.07) is 15.4. The Bertz CT molecular complexity index is 1630. The first kappa shape index (κ1) is 36.3. The number of carbonyl (C=O) groups is 2. The van der Waals surface area contributed by atoms with E-state index in [0.717, 1.165) is 44.1 Å². The average Bonchev–Trinajstić information content (AvgIpc) is 3.08. The van der Waals surface area contributed by atoms with Crippen molar-refractivity contribution in [1.29, 1.82) is 0 Å². The number of carbonyl (C=O) groups excluding carboxylic acids is 2. The maximum Gasteiger partial charge on any atom is 0.412 e. The summed E-state index contributed by atoms with van der Waals surface area (Å²) in [5, 5.41) is 5.69. The van der Waals surface area contributed by atoms with Crippen molar-refractivity contribution in [2.24, 2.45) is 0 Å². The molecule has 7 nitrogen and oxygen atoms in total. The molecular formula is C40H46N2O5. The van der Waals surface area contributed by atoms with Crippen molar-refractivity contribution >= 4 is 23.0 Å². The van der Waals surface area contributed by atoms with E-state index < -0.39 is 6.09 Å². The third kappa shape index (κ3) is 15.1. The van der Waals surface area contributed by atoms with Crippen LogP contribution in [0, 0.1) is 0 Å². The van der Waals surface area contributed by atoms with Gasteiger partial charge in [-0.15, -0.1) is 0 Å². The topological polar surface area (TPSA) is 97.6 Å². The maximum atomic E-state index is 12.7. The minimum Gasteiger partial charge on any atom is -0.456 e. The summed E-state index contributed by atoms with van der Waals surface area (Å²) in [5.74, 6) is 0.597. The predicted molar refractivity (Wildman–Crippen MR) is 192 cm³/mol. The van der Waals surface area contributed by atoms with E-state index >= 15 is 0 Å². The Morgan fingerprint density at radius 2 is 1.28 bits per heavy atom. The van der Waals surface area contributed by atoms with Crippen LogP contribution in [0.15, 0.2) is 137 Å². The Morgan fingerprint density at radius 3 is 1.89 bits per heavy atom. The van der Waals surface area contributed by atoms with Gasteiger partial charge in [0.1, 0.15) is 17.1 Å². The Labute approximate surface area is 278 Å². The van der Waals surface area contributed by atoms with Crippen LogP contribution in [0.3, 0.4) is 0 Å². The summed E-state index contributed by atoms with van der Waals surface area (Å²) in [6.45, 7) is 2.63. The van der Waals surface area contributed by atoms with Crippen LogP contribution in [-0.4, -0.2) is 25.1 Å². The lowest BCUT2D eigenvalue weighted by atomic mass is 10.1. The van der Waals surface area contributed by atoms with Crippen molar-refractivity contribution in [1.82, 2.24) is 10.6 Å². The van der Waals surface area contributed by atoms with Gasteiger partial charge in [0.15, 0.2) is 5.43 Å². The van der Waals surface area contributed by atoms with Crippen LogP contribution >= 0.6 is 0 Å². The van der Waals surface area contributed by atoms with Gasteiger partial charge in [-0.1, -0.05) is 110 Å². The van der Waals surface area contributed by atoms with Gasteiger partial charge in [-0.2, -0.15) is 0 Å². The van der Waals surface area contributed by atoms with E-state index in [1.54, 1.807) is 12.1 Å². The average molecular weight is 635 g/mol. The van der Waals surface area contributed by atoms with Gasteiger partial charge in [-0.25, -0.2) is 4.79 Å². The normalized spacial score (nSPS) is 12.1. The molecule has 0 radical (unpaired) electrons. The van der Waals surface area contributed by atoms with Gasteiger partial charge in [0.05, 0.1) is 5.39 Å². The molecule has 0 aliphatic carbocycles. The van der Waals surface area contributed by atoms with E-state index in [4.69, 9.17) is 9.15 Å². The highest BCUT2D eigenvalue weighted by atomic mass is 16.6. The summed E-state index contributed by atoms with van der Waals surface area (Å²) in [6.07, 6.45) is 31.9. The smallest absolute Gasteiger partial charge is 0.412 e. The predicted octanol–water partition coefficient (Wildman–Crippen LogP) is 9.14. The van der Waals surface area contributed by atoms with Gasteiger partial charge in [-0.3, -0.25) is 9.59 Å². The highest BCUT2D eigenvalue weighted by Gasteiger charge is 2.10. The molecule has 0 spiro atoms. The van der Waals surface area contributed by atoms with E-state index in [1.807, 2.05) is 36.4 Å². The Kier molecular flexibility index (Phi) is 17.3. The third-order valence-corrected chi connectivity index (χ3v) is 6.82. The molecule has 0 unspecified atom stereocenters. The zero-order chi connectivity index (χ0) is 33.4. The SMILES string of the molecule is CCC=CCC=CCC=CCC=CCC=CCC=CCCC(=O)NCCNC(=O)Oc1ccc2oc(-c3ccccc3)cc(=O)c2c1. The quantitative estimate of drug-likeness (QED) is 0.101. The fraction of sp³-hybridized carbons (Fsp3) is 0.275. The second-order valence-electron chi connectivity index (χ2n) is 10.6. The van der Waals surface area contributed by atoms with Crippen molar-refractivity contribution in [3.05, 3.63) is 138 Å².